The summed E-state index contributed by atoms with van der Waals surface area (Å²) in [5, 5.41) is -0.522. The number of fused-ring (bicyclic) bond motifs is 3. The van der Waals surface area contributed by atoms with Crippen LogP contribution in [0.15, 0.2) is 12.1 Å². The average Bonchev–Trinajstić information content (AvgIpc) is 3.29. The van der Waals surface area contributed by atoms with Crippen LogP contribution in [0.25, 0.3) is 22.2 Å². The van der Waals surface area contributed by atoms with Gasteiger partial charge in [-0.25, -0.2) is 13.8 Å². The lowest BCUT2D eigenvalue weighted by atomic mass is 9.95. The van der Waals surface area contributed by atoms with Crippen molar-refractivity contribution < 1.29 is 31.4 Å². The summed E-state index contributed by atoms with van der Waals surface area (Å²) in [4.78, 5) is 17.5. The molecule has 2 aromatic heterocycles. The summed E-state index contributed by atoms with van der Waals surface area (Å²) in [5.41, 5.74) is 2.43. The van der Waals surface area contributed by atoms with Gasteiger partial charge in [-0.1, -0.05) is 24.4 Å². The van der Waals surface area contributed by atoms with Crippen molar-refractivity contribution in [2.24, 2.45) is 0 Å². The molecule has 7 rings (SSSR count). The highest BCUT2D eigenvalue weighted by Crippen LogP contribution is 2.47. The molecule has 43 heavy (non-hydrogen) atoms. The number of nitrogens with two attached hydrogens (primary N) is 1. The van der Waals surface area contributed by atoms with Gasteiger partial charge in [0.15, 0.2) is 5.82 Å². The quantitative estimate of drug-likeness (QED) is 0.272. The summed E-state index contributed by atoms with van der Waals surface area (Å²) in [6.07, 6.45) is -0.320. The third-order valence-electron chi connectivity index (χ3n) is 9.16. The number of rotatable bonds is 4. The smallest absolute Gasteiger partial charge is 0.418 e. The van der Waals surface area contributed by atoms with Gasteiger partial charge >= 0.3 is 12.2 Å². The Morgan fingerprint density at radius 3 is 2.77 bits per heavy atom. The monoisotopic (exact) mass is 624 g/mol. The molecule has 4 aliphatic heterocycles. The SMILES string of the molecule is Nc1cc(Cl)c(C(F)(F)F)c(-c2nc3c4c(nc(OC[C@@]56CCCN5C[C@H](F)C6)nc4c2F)N2CCCCCC2CO3)c1. The van der Waals surface area contributed by atoms with Crippen molar-refractivity contribution in [3.63, 3.8) is 0 Å². The van der Waals surface area contributed by atoms with Gasteiger partial charge in [-0.05, 0) is 44.4 Å². The van der Waals surface area contributed by atoms with Crippen LogP contribution in [0.1, 0.15) is 50.5 Å². The maximum Gasteiger partial charge on any atom is 0.418 e. The minimum atomic E-state index is -4.93. The zero-order valence-electron chi connectivity index (χ0n) is 23.2. The highest BCUT2D eigenvalue weighted by Gasteiger charge is 2.49. The zero-order valence-corrected chi connectivity index (χ0v) is 23.9. The molecule has 3 aromatic rings. The molecule has 1 unspecified atom stereocenters. The Morgan fingerprint density at radius 2 is 1.95 bits per heavy atom. The molecule has 8 nitrogen and oxygen atoms in total. The number of hydrogen-bond donors (Lipinski definition) is 1. The second-order valence-electron chi connectivity index (χ2n) is 11.9. The summed E-state index contributed by atoms with van der Waals surface area (Å²) in [5.74, 6) is -0.833. The van der Waals surface area contributed by atoms with Crippen LogP contribution in [0, 0.1) is 5.82 Å². The minimum absolute atomic E-state index is 0.0793. The molecule has 0 aliphatic carbocycles. The van der Waals surface area contributed by atoms with E-state index in [2.05, 4.69) is 14.9 Å². The van der Waals surface area contributed by atoms with Crippen LogP contribution in [0.4, 0.5) is 33.5 Å². The van der Waals surface area contributed by atoms with E-state index in [1.807, 2.05) is 4.90 Å². The molecular weight excluding hydrogens is 595 g/mol. The summed E-state index contributed by atoms with van der Waals surface area (Å²) in [6, 6.07) is 1.69. The van der Waals surface area contributed by atoms with Gasteiger partial charge in [-0.3, -0.25) is 4.90 Å². The molecule has 0 radical (unpaired) electrons. The fourth-order valence-corrected chi connectivity index (χ4v) is 7.55. The minimum Gasteiger partial charge on any atom is -0.475 e. The van der Waals surface area contributed by atoms with Gasteiger partial charge in [0.25, 0.3) is 0 Å². The van der Waals surface area contributed by atoms with E-state index < -0.39 is 45.5 Å². The maximum atomic E-state index is 16.5. The molecule has 0 amide bonds. The highest BCUT2D eigenvalue weighted by atomic mass is 35.5. The topological polar surface area (TPSA) is 89.6 Å². The van der Waals surface area contributed by atoms with Gasteiger partial charge in [0.2, 0.25) is 5.88 Å². The Morgan fingerprint density at radius 1 is 1.12 bits per heavy atom. The van der Waals surface area contributed by atoms with Crippen molar-refractivity contribution in [2.45, 2.75) is 68.9 Å². The van der Waals surface area contributed by atoms with E-state index in [1.54, 1.807) is 0 Å². The van der Waals surface area contributed by atoms with Crippen molar-refractivity contribution in [3.8, 4) is 23.1 Å². The van der Waals surface area contributed by atoms with Crippen molar-refractivity contribution in [1.29, 1.82) is 0 Å². The van der Waals surface area contributed by atoms with Gasteiger partial charge in [0.1, 0.15) is 41.8 Å². The molecule has 14 heteroatoms. The van der Waals surface area contributed by atoms with Crippen molar-refractivity contribution in [1.82, 2.24) is 19.9 Å². The van der Waals surface area contributed by atoms with Gasteiger partial charge in [0.05, 0.1) is 22.2 Å². The third kappa shape index (κ3) is 4.88. The number of ether oxygens (including phenoxy) is 2. The van der Waals surface area contributed by atoms with Gasteiger partial charge < -0.3 is 20.1 Å². The number of benzene rings is 1. The fraction of sp³-hybridized carbons (Fsp3) is 0.552. The lowest BCUT2D eigenvalue weighted by molar-refractivity contribution is -0.137. The van der Waals surface area contributed by atoms with Crippen molar-refractivity contribution >= 4 is 34.0 Å². The predicted molar refractivity (Wildman–Crippen MR) is 151 cm³/mol. The number of alkyl halides is 4. The van der Waals surface area contributed by atoms with Gasteiger partial charge in [-0.15, -0.1) is 0 Å². The van der Waals surface area contributed by atoms with E-state index in [0.29, 0.717) is 25.3 Å². The second kappa shape index (κ2) is 10.5. The van der Waals surface area contributed by atoms with Crippen LogP contribution in [-0.4, -0.2) is 70.5 Å². The lowest BCUT2D eigenvalue weighted by Gasteiger charge is -2.31. The number of nitrogens with zero attached hydrogens (tertiary/aromatic N) is 5. The fourth-order valence-electron chi connectivity index (χ4n) is 7.21. The molecule has 4 aliphatic rings. The summed E-state index contributed by atoms with van der Waals surface area (Å²) < 4.78 is 85.7. The molecule has 3 fully saturated rings. The maximum absolute atomic E-state index is 16.5. The normalized spacial score (nSPS) is 25.7. The number of pyridine rings is 1. The zero-order chi connectivity index (χ0) is 30.1. The van der Waals surface area contributed by atoms with Crippen LogP contribution >= 0.6 is 11.6 Å². The van der Waals surface area contributed by atoms with Crippen molar-refractivity contribution in [3.05, 3.63) is 28.5 Å². The molecule has 0 saturated carbocycles. The number of hydrogen-bond acceptors (Lipinski definition) is 8. The van der Waals surface area contributed by atoms with Crippen LogP contribution < -0.4 is 20.1 Å². The molecule has 3 saturated heterocycles. The molecule has 230 valence electrons. The average molecular weight is 625 g/mol. The lowest BCUT2D eigenvalue weighted by Crippen LogP contribution is -2.43. The predicted octanol–water partition coefficient (Wildman–Crippen LogP) is 6.18. The Bertz CT molecular complexity index is 1590. The first-order valence-electron chi connectivity index (χ1n) is 14.5. The molecule has 6 heterocycles. The van der Waals surface area contributed by atoms with E-state index in [-0.39, 0.29) is 47.7 Å². The molecular formula is C29H30ClF5N6O2. The number of anilines is 2. The summed E-state index contributed by atoms with van der Waals surface area (Å²) >= 11 is 5.99. The molecule has 0 bridgehead atoms. The first-order chi connectivity index (χ1) is 20.5. The first kappa shape index (κ1) is 28.6. The van der Waals surface area contributed by atoms with Crippen LogP contribution in [0.3, 0.4) is 0 Å². The number of aromatic nitrogens is 3. The Labute approximate surface area is 249 Å². The Balaban J connectivity index is 1.41. The summed E-state index contributed by atoms with van der Waals surface area (Å²) in [6.45, 7) is 2.00. The molecule has 3 atom stereocenters. The Hall–Kier alpha value is -3.19. The highest BCUT2D eigenvalue weighted by molar-refractivity contribution is 6.32. The number of halogens is 6. The van der Waals surface area contributed by atoms with Gasteiger partial charge in [0, 0.05) is 30.8 Å². The molecule has 1 aromatic carbocycles. The number of nitrogen functional groups attached to an aromatic ring is 1. The first-order valence-corrected chi connectivity index (χ1v) is 14.9. The van der Waals surface area contributed by atoms with E-state index in [1.165, 1.54) is 0 Å². The van der Waals surface area contributed by atoms with Crippen LogP contribution in [-0.2, 0) is 6.18 Å². The summed E-state index contributed by atoms with van der Waals surface area (Å²) in [7, 11) is 0. The third-order valence-corrected chi connectivity index (χ3v) is 9.45. The van der Waals surface area contributed by atoms with Crippen LogP contribution in [0.5, 0.6) is 11.9 Å². The largest absolute Gasteiger partial charge is 0.475 e. The Kier molecular flexibility index (Phi) is 6.95. The molecule has 2 N–H and O–H groups in total. The molecule has 0 spiro atoms. The van der Waals surface area contributed by atoms with Gasteiger partial charge in [-0.2, -0.15) is 23.1 Å². The standard InChI is InChI=1S/C29H30ClF5N6O2/c30-19-10-16(36)9-18(21(19)29(33,34)35)23-22(32)24-20-25(41-8-3-1-2-5-17(41)13-42-26(20)37-23)39-27(38-24)43-14-28-6-4-7-40(28)12-15(31)11-28/h9-10,15,17H,1-8,11-14,36H2/t15-,17?,28+/m1/s1. The van der Waals surface area contributed by atoms with E-state index in [4.69, 9.17) is 31.8 Å². The van der Waals surface area contributed by atoms with E-state index in [0.717, 1.165) is 57.2 Å². The van der Waals surface area contributed by atoms with Crippen LogP contribution in [0.2, 0.25) is 5.02 Å². The van der Waals surface area contributed by atoms with E-state index >= 15 is 4.39 Å². The second-order valence-corrected chi connectivity index (χ2v) is 12.3. The van der Waals surface area contributed by atoms with E-state index in [9.17, 15) is 17.6 Å². The van der Waals surface area contributed by atoms with Crippen molar-refractivity contribution in [2.75, 3.05) is 43.5 Å².